The van der Waals surface area contributed by atoms with Gasteiger partial charge in [-0.2, -0.15) is 5.26 Å². The summed E-state index contributed by atoms with van der Waals surface area (Å²) in [5.41, 5.74) is 2.91. The second-order valence-electron chi connectivity index (χ2n) is 6.87. The van der Waals surface area contributed by atoms with E-state index in [0.717, 1.165) is 43.2 Å². The first kappa shape index (κ1) is 22.8. The standard InChI is InChI=1S/C22H27N5O.HI/c1-24-22(25-15-18-7-3-6-17(12-18)14-23)26-19-8-5-11-27(16-19)20-9-4-10-21(13-20)28-2;/h3-4,6-7,9-10,12-13,19H,5,8,11,15-16H2,1-2H3,(H2,24,25,26);1H. The Kier molecular flexibility index (Phi) is 9.06. The SMILES string of the molecule is CN=C(NCc1cccc(C#N)c1)NC1CCCN(c2cccc(OC)c2)C1.I. The van der Waals surface area contributed by atoms with Gasteiger partial charge < -0.3 is 20.3 Å². The molecule has 29 heavy (non-hydrogen) atoms. The molecule has 7 heteroatoms. The van der Waals surface area contributed by atoms with E-state index in [2.05, 4.69) is 38.7 Å². The Balaban J connectivity index is 0.00000300. The van der Waals surface area contributed by atoms with E-state index in [1.807, 2.05) is 36.4 Å². The number of rotatable bonds is 5. The maximum Gasteiger partial charge on any atom is 0.191 e. The number of nitrogens with zero attached hydrogens (tertiary/aromatic N) is 3. The number of nitriles is 1. The van der Waals surface area contributed by atoms with Gasteiger partial charge in [-0.3, -0.25) is 4.99 Å². The van der Waals surface area contributed by atoms with Crippen LogP contribution in [0.15, 0.2) is 53.5 Å². The Labute approximate surface area is 190 Å². The molecular formula is C22H28IN5O. The summed E-state index contributed by atoms with van der Waals surface area (Å²) in [4.78, 5) is 6.74. The topological polar surface area (TPSA) is 72.7 Å². The van der Waals surface area contributed by atoms with Gasteiger partial charge in [0, 0.05) is 44.5 Å². The average molecular weight is 505 g/mol. The molecule has 0 aliphatic carbocycles. The van der Waals surface area contributed by atoms with Gasteiger partial charge in [0.2, 0.25) is 0 Å². The molecule has 1 fully saturated rings. The number of ether oxygens (including phenoxy) is 1. The number of nitrogens with one attached hydrogen (secondary N) is 2. The highest BCUT2D eigenvalue weighted by Gasteiger charge is 2.21. The van der Waals surface area contributed by atoms with E-state index in [1.54, 1.807) is 14.2 Å². The normalized spacial score (nSPS) is 16.4. The van der Waals surface area contributed by atoms with Crippen LogP contribution in [-0.2, 0) is 6.54 Å². The molecule has 1 unspecified atom stereocenters. The van der Waals surface area contributed by atoms with Gasteiger partial charge in [-0.25, -0.2) is 0 Å². The number of benzene rings is 2. The summed E-state index contributed by atoms with van der Waals surface area (Å²) in [6.07, 6.45) is 2.22. The Morgan fingerprint density at radius 1 is 1.28 bits per heavy atom. The van der Waals surface area contributed by atoms with E-state index < -0.39 is 0 Å². The lowest BCUT2D eigenvalue weighted by Crippen LogP contribution is -2.51. The van der Waals surface area contributed by atoms with Crippen molar-refractivity contribution in [3.63, 3.8) is 0 Å². The predicted molar refractivity (Wildman–Crippen MR) is 128 cm³/mol. The lowest BCUT2D eigenvalue weighted by atomic mass is 10.0. The van der Waals surface area contributed by atoms with Gasteiger partial charge in [0.15, 0.2) is 5.96 Å². The first-order chi connectivity index (χ1) is 13.7. The molecule has 0 radical (unpaired) electrons. The minimum atomic E-state index is 0. The van der Waals surface area contributed by atoms with E-state index in [9.17, 15) is 0 Å². The van der Waals surface area contributed by atoms with Crippen molar-refractivity contribution < 1.29 is 4.74 Å². The Morgan fingerprint density at radius 2 is 2.10 bits per heavy atom. The molecule has 2 aromatic rings. The van der Waals surface area contributed by atoms with Crippen LogP contribution in [0.3, 0.4) is 0 Å². The zero-order valence-electron chi connectivity index (χ0n) is 16.9. The number of aliphatic imine (C=N–C) groups is 1. The summed E-state index contributed by atoms with van der Waals surface area (Å²) in [6.45, 7) is 2.58. The molecular weight excluding hydrogens is 477 g/mol. The fourth-order valence-electron chi connectivity index (χ4n) is 3.46. The molecule has 1 aliphatic heterocycles. The van der Waals surface area contributed by atoms with Crippen molar-refractivity contribution in [1.82, 2.24) is 10.6 Å². The highest BCUT2D eigenvalue weighted by atomic mass is 127. The highest BCUT2D eigenvalue weighted by molar-refractivity contribution is 14.0. The molecule has 0 saturated carbocycles. The van der Waals surface area contributed by atoms with Crippen molar-refractivity contribution in [2.75, 3.05) is 32.1 Å². The van der Waals surface area contributed by atoms with Gasteiger partial charge in [0.05, 0.1) is 18.7 Å². The van der Waals surface area contributed by atoms with E-state index in [4.69, 9.17) is 10.00 Å². The monoisotopic (exact) mass is 505 g/mol. The van der Waals surface area contributed by atoms with E-state index in [1.165, 1.54) is 5.69 Å². The van der Waals surface area contributed by atoms with Crippen molar-refractivity contribution in [2.45, 2.75) is 25.4 Å². The predicted octanol–water partition coefficient (Wildman–Crippen LogP) is 3.52. The van der Waals surface area contributed by atoms with Crippen molar-refractivity contribution in [1.29, 1.82) is 5.26 Å². The third kappa shape index (κ3) is 6.53. The van der Waals surface area contributed by atoms with Crippen molar-refractivity contribution >= 4 is 35.6 Å². The molecule has 1 aliphatic rings. The zero-order valence-corrected chi connectivity index (χ0v) is 19.2. The molecule has 0 bridgehead atoms. The minimum absolute atomic E-state index is 0. The van der Waals surface area contributed by atoms with Crippen LogP contribution < -0.4 is 20.3 Å². The number of hydrogen-bond donors (Lipinski definition) is 2. The maximum absolute atomic E-state index is 9.03. The molecule has 6 nitrogen and oxygen atoms in total. The molecule has 0 amide bonds. The van der Waals surface area contributed by atoms with E-state index in [-0.39, 0.29) is 24.0 Å². The summed E-state index contributed by atoms with van der Waals surface area (Å²) < 4.78 is 5.35. The molecule has 1 saturated heterocycles. The quantitative estimate of drug-likeness (QED) is 0.370. The second-order valence-corrected chi connectivity index (χ2v) is 6.87. The van der Waals surface area contributed by atoms with Crippen molar-refractivity contribution in [3.05, 3.63) is 59.7 Å². The molecule has 154 valence electrons. The third-order valence-corrected chi connectivity index (χ3v) is 4.92. The summed E-state index contributed by atoms with van der Waals surface area (Å²) in [7, 11) is 3.48. The summed E-state index contributed by atoms with van der Waals surface area (Å²) in [5.74, 6) is 1.66. The largest absolute Gasteiger partial charge is 0.497 e. The lowest BCUT2D eigenvalue weighted by Gasteiger charge is -2.35. The zero-order chi connectivity index (χ0) is 19.8. The fourth-order valence-corrected chi connectivity index (χ4v) is 3.46. The van der Waals surface area contributed by atoms with Gasteiger partial charge in [-0.15, -0.1) is 24.0 Å². The highest BCUT2D eigenvalue weighted by Crippen LogP contribution is 2.24. The van der Waals surface area contributed by atoms with Gasteiger partial charge in [0.25, 0.3) is 0 Å². The van der Waals surface area contributed by atoms with Crippen LogP contribution >= 0.6 is 24.0 Å². The summed E-state index contributed by atoms with van der Waals surface area (Å²) >= 11 is 0. The number of piperidine rings is 1. The van der Waals surface area contributed by atoms with E-state index >= 15 is 0 Å². The summed E-state index contributed by atoms with van der Waals surface area (Å²) in [5, 5.41) is 15.9. The van der Waals surface area contributed by atoms with E-state index in [0.29, 0.717) is 18.2 Å². The van der Waals surface area contributed by atoms with Gasteiger partial charge in [0.1, 0.15) is 5.75 Å². The van der Waals surface area contributed by atoms with Crippen molar-refractivity contribution in [2.24, 2.45) is 4.99 Å². The minimum Gasteiger partial charge on any atom is -0.497 e. The molecule has 1 atom stereocenters. The fraction of sp³-hybridized carbons (Fsp3) is 0.364. The Bertz CT molecular complexity index is 864. The van der Waals surface area contributed by atoms with Crippen LogP contribution in [0, 0.1) is 11.3 Å². The molecule has 0 spiro atoms. The summed E-state index contributed by atoms with van der Waals surface area (Å²) in [6, 6.07) is 18.3. The van der Waals surface area contributed by atoms with Crippen LogP contribution in [0.25, 0.3) is 0 Å². The van der Waals surface area contributed by atoms with Crippen LogP contribution in [0.2, 0.25) is 0 Å². The van der Waals surface area contributed by atoms with Gasteiger partial charge >= 0.3 is 0 Å². The van der Waals surface area contributed by atoms with Crippen LogP contribution in [-0.4, -0.2) is 39.2 Å². The Hall–Kier alpha value is -2.47. The van der Waals surface area contributed by atoms with Crippen molar-refractivity contribution in [3.8, 4) is 11.8 Å². The first-order valence-corrected chi connectivity index (χ1v) is 9.57. The first-order valence-electron chi connectivity index (χ1n) is 9.57. The third-order valence-electron chi connectivity index (χ3n) is 4.92. The number of anilines is 1. The molecule has 2 aromatic carbocycles. The number of halogens is 1. The number of hydrogen-bond acceptors (Lipinski definition) is 4. The van der Waals surface area contributed by atoms with Gasteiger partial charge in [-0.05, 0) is 42.7 Å². The Morgan fingerprint density at radius 3 is 2.86 bits per heavy atom. The molecule has 1 heterocycles. The molecule has 0 aromatic heterocycles. The van der Waals surface area contributed by atoms with Gasteiger partial charge in [-0.1, -0.05) is 18.2 Å². The van der Waals surface area contributed by atoms with Crippen LogP contribution in [0.5, 0.6) is 5.75 Å². The average Bonchev–Trinajstić information content (AvgIpc) is 2.77. The second kappa shape index (κ2) is 11.5. The van der Waals surface area contributed by atoms with Crippen LogP contribution in [0.1, 0.15) is 24.0 Å². The number of guanidine groups is 1. The number of methoxy groups -OCH3 is 1. The smallest absolute Gasteiger partial charge is 0.191 e. The molecule has 3 rings (SSSR count). The molecule has 2 N–H and O–H groups in total. The van der Waals surface area contributed by atoms with Crippen LogP contribution in [0.4, 0.5) is 5.69 Å². The lowest BCUT2D eigenvalue weighted by molar-refractivity contribution is 0.414. The maximum atomic E-state index is 9.03.